The second-order valence-electron chi connectivity index (χ2n) is 6.12. The maximum atomic E-state index is 6.15. The van der Waals surface area contributed by atoms with Gasteiger partial charge in [0.15, 0.2) is 5.15 Å². The highest BCUT2D eigenvalue weighted by Crippen LogP contribution is 2.36. The molecule has 0 bridgehead atoms. The first kappa shape index (κ1) is 14.6. The zero-order valence-corrected chi connectivity index (χ0v) is 13.3. The van der Waals surface area contributed by atoms with Gasteiger partial charge >= 0.3 is 7.12 Å². The molecule has 2 aromatic heterocycles. The predicted octanol–water partition coefficient (Wildman–Crippen LogP) is 2.22. The van der Waals surface area contributed by atoms with Crippen molar-refractivity contribution < 1.29 is 9.31 Å². The van der Waals surface area contributed by atoms with E-state index in [1.165, 1.54) is 0 Å². The van der Waals surface area contributed by atoms with Crippen LogP contribution in [0.15, 0.2) is 30.7 Å². The van der Waals surface area contributed by atoms with Crippen LogP contribution in [0.3, 0.4) is 0 Å². The van der Waals surface area contributed by atoms with Crippen molar-refractivity contribution >= 4 is 24.2 Å². The van der Waals surface area contributed by atoms with Crippen LogP contribution in [0.5, 0.6) is 0 Å². The molecule has 21 heavy (non-hydrogen) atoms. The topological polar surface area (TPSA) is 49.2 Å². The zero-order valence-electron chi connectivity index (χ0n) is 12.5. The van der Waals surface area contributed by atoms with Gasteiger partial charge in [-0.15, -0.1) is 0 Å². The lowest BCUT2D eigenvalue weighted by molar-refractivity contribution is 0.00578. The Morgan fingerprint density at radius 2 is 1.86 bits per heavy atom. The maximum absolute atomic E-state index is 6.15. The van der Waals surface area contributed by atoms with E-state index in [1.807, 2.05) is 46.0 Å². The smallest absolute Gasteiger partial charge is 0.399 e. The van der Waals surface area contributed by atoms with Crippen molar-refractivity contribution in [1.29, 1.82) is 0 Å². The Bertz CT molecular complexity index is 642. The minimum absolute atomic E-state index is 0.386. The number of hydrogen-bond acceptors (Lipinski definition) is 4. The minimum atomic E-state index is -0.464. The van der Waals surface area contributed by atoms with E-state index >= 15 is 0 Å². The lowest BCUT2D eigenvalue weighted by atomic mass is 9.80. The van der Waals surface area contributed by atoms with Crippen LogP contribution in [0.1, 0.15) is 27.7 Å². The summed E-state index contributed by atoms with van der Waals surface area (Å²) >= 11 is 6.15. The highest BCUT2D eigenvalue weighted by Gasteiger charge is 2.51. The molecular weight excluding hydrogens is 288 g/mol. The van der Waals surface area contributed by atoms with Gasteiger partial charge < -0.3 is 9.31 Å². The first-order valence-corrected chi connectivity index (χ1v) is 7.19. The second-order valence-corrected chi connectivity index (χ2v) is 6.48. The van der Waals surface area contributed by atoms with Crippen molar-refractivity contribution in [2.24, 2.45) is 0 Å². The van der Waals surface area contributed by atoms with Crippen molar-refractivity contribution in [3.63, 3.8) is 0 Å². The third-order valence-corrected chi connectivity index (χ3v) is 4.41. The van der Waals surface area contributed by atoms with Gasteiger partial charge in [-0.05, 0) is 39.8 Å². The fraction of sp³-hybridized carbons (Fsp3) is 0.429. The molecule has 0 saturated carbocycles. The highest BCUT2D eigenvalue weighted by atomic mass is 35.5. The summed E-state index contributed by atoms with van der Waals surface area (Å²) in [7, 11) is -0.464. The summed E-state index contributed by atoms with van der Waals surface area (Å²) in [4.78, 5) is 4.22. The van der Waals surface area contributed by atoms with Gasteiger partial charge in [-0.2, -0.15) is 5.10 Å². The van der Waals surface area contributed by atoms with Crippen LogP contribution < -0.4 is 5.46 Å². The van der Waals surface area contributed by atoms with Crippen molar-refractivity contribution in [3.05, 3.63) is 35.9 Å². The largest absolute Gasteiger partial charge is 0.496 e. The Kier molecular flexibility index (Phi) is 3.35. The van der Waals surface area contributed by atoms with Crippen LogP contribution in [0.25, 0.3) is 5.69 Å². The van der Waals surface area contributed by atoms with Gasteiger partial charge in [0.1, 0.15) is 5.69 Å². The lowest BCUT2D eigenvalue weighted by Crippen LogP contribution is -2.41. The Morgan fingerprint density at radius 3 is 2.43 bits per heavy atom. The van der Waals surface area contributed by atoms with E-state index < -0.39 is 7.12 Å². The molecule has 3 heterocycles. The van der Waals surface area contributed by atoms with Gasteiger partial charge in [0.2, 0.25) is 0 Å². The third kappa shape index (κ3) is 2.48. The minimum Gasteiger partial charge on any atom is -0.399 e. The van der Waals surface area contributed by atoms with Crippen LogP contribution >= 0.6 is 11.6 Å². The zero-order chi connectivity index (χ0) is 15.3. The average molecular weight is 306 g/mol. The number of halogens is 1. The fourth-order valence-electron chi connectivity index (χ4n) is 2.13. The molecule has 0 aliphatic carbocycles. The van der Waals surface area contributed by atoms with Gasteiger partial charge in [-0.25, -0.2) is 9.67 Å². The van der Waals surface area contributed by atoms with Crippen LogP contribution in [-0.2, 0) is 9.31 Å². The Balaban J connectivity index is 1.97. The molecule has 1 fully saturated rings. The number of aromatic nitrogens is 3. The van der Waals surface area contributed by atoms with E-state index in [4.69, 9.17) is 20.9 Å². The third-order valence-electron chi connectivity index (χ3n) is 4.12. The lowest BCUT2D eigenvalue weighted by Gasteiger charge is -2.32. The van der Waals surface area contributed by atoms with Gasteiger partial charge in [0, 0.05) is 24.1 Å². The quantitative estimate of drug-likeness (QED) is 0.630. The summed E-state index contributed by atoms with van der Waals surface area (Å²) < 4.78 is 13.7. The van der Waals surface area contributed by atoms with E-state index in [-0.39, 0.29) is 11.2 Å². The molecule has 0 aromatic carbocycles. The molecule has 1 saturated heterocycles. The standard InChI is InChI=1S/C14H17BClN3O2/c1-13(2)14(3,4)21-15(20-13)10-8-11(12(16)17-9-10)19-7-5-6-18-19/h5-9H,1-4H3. The molecule has 1 aliphatic rings. The SMILES string of the molecule is CC1(C)OB(c2cnc(Cl)c(-n3cccn3)c2)OC1(C)C. The Morgan fingerprint density at radius 1 is 1.19 bits per heavy atom. The number of nitrogens with zero attached hydrogens (tertiary/aromatic N) is 3. The van der Waals surface area contributed by atoms with E-state index in [1.54, 1.807) is 17.1 Å². The molecule has 5 nitrogen and oxygen atoms in total. The molecule has 3 rings (SSSR count). The molecule has 2 aromatic rings. The van der Waals surface area contributed by atoms with Gasteiger partial charge in [0.05, 0.1) is 11.2 Å². The van der Waals surface area contributed by atoms with Crippen LogP contribution in [0, 0.1) is 0 Å². The Labute approximate surface area is 129 Å². The average Bonchev–Trinajstić information content (AvgIpc) is 2.97. The number of rotatable bonds is 2. The van der Waals surface area contributed by atoms with Gasteiger partial charge in [-0.3, -0.25) is 0 Å². The van der Waals surface area contributed by atoms with E-state index in [9.17, 15) is 0 Å². The maximum Gasteiger partial charge on any atom is 0.496 e. The highest BCUT2D eigenvalue weighted by molar-refractivity contribution is 6.62. The Hall–Kier alpha value is -1.37. The molecular formula is C14H17BClN3O2. The van der Waals surface area contributed by atoms with E-state index in [2.05, 4.69) is 10.1 Å². The molecule has 0 amide bonds. The molecule has 110 valence electrons. The monoisotopic (exact) mass is 305 g/mol. The molecule has 0 radical (unpaired) electrons. The van der Waals surface area contributed by atoms with E-state index in [0.29, 0.717) is 10.8 Å². The molecule has 7 heteroatoms. The predicted molar refractivity (Wildman–Crippen MR) is 82.1 cm³/mol. The molecule has 0 unspecified atom stereocenters. The summed E-state index contributed by atoms with van der Waals surface area (Å²) in [6, 6.07) is 3.72. The van der Waals surface area contributed by atoms with Gasteiger partial charge in [-0.1, -0.05) is 11.6 Å². The summed E-state index contributed by atoms with van der Waals surface area (Å²) in [5.74, 6) is 0. The molecule has 0 spiro atoms. The molecule has 0 atom stereocenters. The first-order valence-electron chi connectivity index (χ1n) is 6.81. The molecule has 0 N–H and O–H groups in total. The first-order chi connectivity index (χ1) is 9.80. The van der Waals surface area contributed by atoms with Crippen molar-refractivity contribution in [2.45, 2.75) is 38.9 Å². The summed E-state index contributed by atoms with van der Waals surface area (Å²) in [6.07, 6.45) is 5.19. The normalized spacial score (nSPS) is 20.0. The van der Waals surface area contributed by atoms with Crippen LogP contribution in [0.4, 0.5) is 0 Å². The van der Waals surface area contributed by atoms with Gasteiger partial charge in [0.25, 0.3) is 0 Å². The summed E-state index contributed by atoms with van der Waals surface area (Å²) in [6.45, 7) is 8.07. The second kappa shape index (κ2) is 4.83. The number of hydrogen-bond donors (Lipinski definition) is 0. The molecule has 1 aliphatic heterocycles. The van der Waals surface area contributed by atoms with E-state index in [0.717, 1.165) is 5.46 Å². The van der Waals surface area contributed by atoms with Crippen molar-refractivity contribution in [2.75, 3.05) is 0 Å². The number of pyridine rings is 1. The van der Waals surface area contributed by atoms with Crippen LogP contribution in [0.2, 0.25) is 5.15 Å². The van der Waals surface area contributed by atoms with Crippen molar-refractivity contribution in [3.8, 4) is 5.69 Å². The summed E-state index contributed by atoms with van der Waals surface area (Å²) in [5.41, 5.74) is 0.754. The summed E-state index contributed by atoms with van der Waals surface area (Å²) in [5, 5.41) is 4.57. The van der Waals surface area contributed by atoms with Crippen molar-refractivity contribution in [1.82, 2.24) is 14.8 Å². The van der Waals surface area contributed by atoms with Crippen LogP contribution in [-0.4, -0.2) is 33.1 Å². The fourth-order valence-corrected chi connectivity index (χ4v) is 2.32.